The predicted octanol–water partition coefficient (Wildman–Crippen LogP) is 4.75. The van der Waals surface area contributed by atoms with Crippen molar-refractivity contribution in [1.29, 1.82) is 0 Å². The van der Waals surface area contributed by atoms with Gasteiger partial charge in [-0.15, -0.1) is 0 Å². The molecule has 8 nitrogen and oxygen atoms in total. The number of anilines is 1. The molecule has 1 atom stereocenters. The van der Waals surface area contributed by atoms with Crippen molar-refractivity contribution in [2.45, 2.75) is 12.7 Å². The fourth-order valence-electron chi connectivity index (χ4n) is 3.85. The van der Waals surface area contributed by atoms with Crippen LogP contribution in [0.1, 0.15) is 28.0 Å². The number of hydrogen-bond acceptors (Lipinski definition) is 5. The highest BCUT2D eigenvalue weighted by atomic mass is 16.6. The van der Waals surface area contributed by atoms with Gasteiger partial charge in [0, 0.05) is 29.7 Å². The van der Waals surface area contributed by atoms with Crippen LogP contribution in [0.2, 0.25) is 0 Å². The Bertz CT molecular complexity index is 1240. The largest absolute Gasteiger partial charge is 0.467 e. The Kier molecular flexibility index (Phi) is 4.51. The molecule has 3 heterocycles. The van der Waals surface area contributed by atoms with Crippen LogP contribution in [0.4, 0.5) is 11.4 Å². The average Bonchev–Trinajstić information content (AvgIpc) is 3.48. The lowest BCUT2D eigenvalue weighted by molar-refractivity contribution is -0.384. The van der Waals surface area contributed by atoms with E-state index in [1.165, 1.54) is 12.1 Å². The molecule has 31 heavy (non-hydrogen) atoms. The fraction of sp³-hybridized carbons (Fsp3) is 0.0870. The van der Waals surface area contributed by atoms with Gasteiger partial charge in [-0.25, -0.2) is 0 Å². The molecule has 4 aromatic rings. The molecule has 0 saturated carbocycles. The second kappa shape index (κ2) is 7.49. The van der Waals surface area contributed by atoms with Crippen LogP contribution in [-0.2, 0) is 6.54 Å². The van der Waals surface area contributed by atoms with Crippen LogP contribution >= 0.6 is 0 Å². The van der Waals surface area contributed by atoms with Crippen molar-refractivity contribution in [2.24, 2.45) is 0 Å². The Morgan fingerprint density at radius 3 is 2.55 bits per heavy atom. The summed E-state index contributed by atoms with van der Waals surface area (Å²) >= 11 is 0. The minimum absolute atomic E-state index is 0.0248. The highest BCUT2D eigenvalue weighted by molar-refractivity contribution is 6.01. The monoisotopic (exact) mass is 414 g/mol. The number of nitrogens with one attached hydrogen (secondary N) is 1. The molecular formula is C23H18N4O4. The van der Waals surface area contributed by atoms with E-state index in [1.54, 1.807) is 35.4 Å². The topological polar surface area (TPSA) is 93.5 Å². The van der Waals surface area contributed by atoms with Gasteiger partial charge in [-0.05, 0) is 48.5 Å². The predicted molar refractivity (Wildman–Crippen MR) is 114 cm³/mol. The van der Waals surface area contributed by atoms with Crippen LogP contribution in [0.5, 0.6) is 0 Å². The molecule has 2 aromatic heterocycles. The first kappa shape index (κ1) is 18.7. The number of nitrogens with zero attached hydrogens (tertiary/aromatic N) is 3. The number of para-hydroxylation sites is 1. The summed E-state index contributed by atoms with van der Waals surface area (Å²) in [6, 6.07) is 21.1. The van der Waals surface area contributed by atoms with E-state index in [9.17, 15) is 14.9 Å². The number of carbonyl (C=O) groups excluding carboxylic acids is 1. The normalized spacial score (nSPS) is 15.4. The number of non-ortho nitro benzene ring substituents is 1. The van der Waals surface area contributed by atoms with Gasteiger partial charge in [-0.2, -0.15) is 0 Å². The number of carbonyl (C=O) groups is 1. The number of nitro groups is 1. The van der Waals surface area contributed by atoms with Crippen molar-refractivity contribution in [3.8, 4) is 5.69 Å². The lowest BCUT2D eigenvalue weighted by Gasteiger charge is -2.38. The van der Waals surface area contributed by atoms with Crippen LogP contribution in [0.25, 0.3) is 5.69 Å². The van der Waals surface area contributed by atoms with Gasteiger partial charge in [0.05, 0.1) is 29.0 Å². The molecule has 0 radical (unpaired) electrons. The Balaban J connectivity index is 1.57. The molecule has 1 amide bonds. The summed E-state index contributed by atoms with van der Waals surface area (Å²) in [5.41, 5.74) is 2.96. The Morgan fingerprint density at radius 1 is 1.00 bits per heavy atom. The van der Waals surface area contributed by atoms with Gasteiger partial charge in [0.1, 0.15) is 11.9 Å². The third kappa shape index (κ3) is 3.33. The van der Waals surface area contributed by atoms with E-state index in [0.29, 0.717) is 17.9 Å². The highest BCUT2D eigenvalue weighted by Gasteiger charge is 2.35. The van der Waals surface area contributed by atoms with Crippen molar-refractivity contribution in [1.82, 2.24) is 9.47 Å². The van der Waals surface area contributed by atoms with Gasteiger partial charge in [-0.1, -0.05) is 12.1 Å². The van der Waals surface area contributed by atoms with Crippen molar-refractivity contribution < 1.29 is 14.1 Å². The molecule has 2 aromatic carbocycles. The third-order valence-corrected chi connectivity index (χ3v) is 5.33. The molecule has 1 aliphatic heterocycles. The smallest absolute Gasteiger partial charge is 0.269 e. The second-order valence-electron chi connectivity index (χ2n) is 7.18. The van der Waals surface area contributed by atoms with Gasteiger partial charge in [0.25, 0.3) is 11.6 Å². The van der Waals surface area contributed by atoms with Crippen molar-refractivity contribution in [3.63, 3.8) is 0 Å². The number of benzene rings is 2. The van der Waals surface area contributed by atoms with Gasteiger partial charge in [0.15, 0.2) is 0 Å². The summed E-state index contributed by atoms with van der Waals surface area (Å²) in [5, 5.41) is 14.5. The summed E-state index contributed by atoms with van der Waals surface area (Å²) in [4.78, 5) is 25.7. The molecule has 0 saturated heterocycles. The van der Waals surface area contributed by atoms with Crippen LogP contribution in [-0.4, -0.2) is 20.3 Å². The van der Waals surface area contributed by atoms with E-state index >= 15 is 0 Å². The van der Waals surface area contributed by atoms with Crippen LogP contribution in [0.3, 0.4) is 0 Å². The SMILES string of the molecule is O=C1c2ccccc2N[C@@H](c2cccn2-c2ccc([N+](=O)[O-])cc2)N1Cc1ccco1. The third-order valence-electron chi connectivity index (χ3n) is 5.33. The van der Waals surface area contributed by atoms with Crippen molar-refractivity contribution >= 4 is 17.3 Å². The van der Waals surface area contributed by atoms with Gasteiger partial charge < -0.3 is 19.2 Å². The molecule has 1 aliphatic rings. The Morgan fingerprint density at radius 2 is 1.81 bits per heavy atom. The van der Waals surface area contributed by atoms with Crippen molar-refractivity contribution in [2.75, 3.05) is 5.32 Å². The number of aromatic nitrogens is 1. The van der Waals surface area contributed by atoms with Crippen LogP contribution in [0, 0.1) is 10.1 Å². The standard InChI is InChI=1S/C23H18N4O4/c28-23-19-6-1-2-7-20(19)24-22(26(23)15-18-5-4-14-31-18)21-8-3-13-25(21)16-9-11-17(12-10-16)27(29)30/h1-14,22,24H,15H2/t22-/m1/s1. The first-order valence-electron chi connectivity index (χ1n) is 9.73. The summed E-state index contributed by atoms with van der Waals surface area (Å²) in [6.45, 7) is 0.295. The van der Waals surface area contributed by atoms with Crippen LogP contribution in [0.15, 0.2) is 89.7 Å². The molecular weight excluding hydrogens is 396 g/mol. The van der Waals surface area contributed by atoms with E-state index in [4.69, 9.17) is 4.42 Å². The zero-order valence-corrected chi connectivity index (χ0v) is 16.3. The molecule has 0 bridgehead atoms. The molecule has 5 rings (SSSR count). The van der Waals surface area contributed by atoms with E-state index in [0.717, 1.165) is 17.1 Å². The zero-order chi connectivity index (χ0) is 21.4. The summed E-state index contributed by atoms with van der Waals surface area (Å²) in [6.07, 6.45) is 2.99. The number of hydrogen-bond donors (Lipinski definition) is 1. The van der Waals surface area contributed by atoms with E-state index in [1.807, 2.05) is 47.2 Å². The van der Waals surface area contributed by atoms with Crippen molar-refractivity contribution in [3.05, 3.63) is 112 Å². The quantitative estimate of drug-likeness (QED) is 0.376. The highest BCUT2D eigenvalue weighted by Crippen LogP contribution is 2.35. The maximum absolute atomic E-state index is 13.4. The fourth-order valence-corrected chi connectivity index (χ4v) is 3.85. The summed E-state index contributed by atoms with van der Waals surface area (Å²) in [5.74, 6) is 0.570. The Hall–Kier alpha value is -4.33. The number of amides is 1. The van der Waals surface area contributed by atoms with Gasteiger partial charge in [-0.3, -0.25) is 14.9 Å². The minimum atomic E-state index is -0.460. The van der Waals surface area contributed by atoms with E-state index in [-0.39, 0.29) is 11.6 Å². The molecule has 0 aliphatic carbocycles. The first-order chi connectivity index (χ1) is 15.1. The van der Waals surface area contributed by atoms with Crippen LogP contribution < -0.4 is 5.32 Å². The van der Waals surface area contributed by atoms with E-state index < -0.39 is 11.1 Å². The maximum Gasteiger partial charge on any atom is 0.269 e. The van der Waals surface area contributed by atoms with E-state index in [2.05, 4.69) is 5.32 Å². The lowest BCUT2D eigenvalue weighted by atomic mass is 10.1. The first-order valence-corrected chi connectivity index (χ1v) is 9.73. The second-order valence-corrected chi connectivity index (χ2v) is 7.18. The van der Waals surface area contributed by atoms with Gasteiger partial charge >= 0.3 is 0 Å². The number of nitro benzene ring substituents is 1. The summed E-state index contributed by atoms with van der Waals surface area (Å²) < 4.78 is 7.41. The summed E-state index contributed by atoms with van der Waals surface area (Å²) in [7, 11) is 0. The molecule has 154 valence electrons. The molecule has 0 fully saturated rings. The zero-order valence-electron chi connectivity index (χ0n) is 16.3. The molecule has 0 spiro atoms. The molecule has 1 N–H and O–H groups in total. The number of rotatable bonds is 5. The average molecular weight is 414 g/mol. The lowest BCUT2D eigenvalue weighted by Crippen LogP contribution is -2.43. The minimum Gasteiger partial charge on any atom is -0.467 e. The molecule has 8 heteroatoms. The Labute approximate surface area is 177 Å². The number of fused-ring (bicyclic) bond motifs is 1. The number of furan rings is 1. The maximum atomic E-state index is 13.4. The van der Waals surface area contributed by atoms with Gasteiger partial charge in [0.2, 0.25) is 0 Å². The molecule has 0 unspecified atom stereocenters.